The maximum absolute atomic E-state index is 11.9. The topological polar surface area (TPSA) is 24.1 Å². The van der Waals surface area contributed by atoms with Gasteiger partial charge in [0, 0.05) is 19.5 Å². The molecule has 1 atom stereocenters. The van der Waals surface area contributed by atoms with Gasteiger partial charge in [-0.25, -0.2) is 0 Å². The Morgan fingerprint density at radius 3 is 2.50 bits per heavy atom. The van der Waals surface area contributed by atoms with Crippen molar-refractivity contribution < 1.29 is 13.2 Å². The number of hydrogen-bond acceptors (Lipinski definition) is 2. The lowest BCUT2D eigenvalue weighted by atomic mass is 9.76. The highest BCUT2D eigenvalue weighted by Crippen LogP contribution is 2.33. The monoisotopic (exact) mass is 266 g/mol. The minimum Gasteiger partial charge on any atom is -0.316 e. The van der Waals surface area contributed by atoms with E-state index in [1.54, 1.807) is 0 Å². The van der Waals surface area contributed by atoms with Crippen molar-refractivity contribution in [2.24, 2.45) is 11.3 Å². The van der Waals surface area contributed by atoms with Crippen LogP contribution in [0.5, 0.6) is 0 Å². The van der Waals surface area contributed by atoms with Gasteiger partial charge in [-0.3, -0.25) is 0 Å². The van der Waals surface area contributed by atoms with Crippen LogP contribution < -0.4 is 10.6 Å². The third-order valence-electron chi connectivity index (χ3n) is 4.04. The third-order valence-corrected chi connectivity index (χ3v) is 4.04. The fourth-order valence-electron chi connectivity index (χ4n) is 2.52. The van der Waals surface area contributed by atoms with E-state index >= 15 is 0 Å². The van der Waals surface area contributed by atoms with Crippen molar-refractivity contribution in [1.82, 2.24) is 10.6 Å². The van der Waals surface area contributed by atoms with Crippen LogP contribution in [0.3, 0.4) is 0 Å². The second-order valence-electron chi connectivity index (χ2n) is 5.69. The quantitative estimate of drug-likeness (QED) is 0.692. The Bertz CT molecular complexity index is 233. The first kappa shape index (κ1) is 15.8. The molecule has 0 spiro atoms. The summed E-state index contributed by atoms with van der Waals surface area (Å²) < 4.78 is 35.8. The van der Waals surface area contributed by atoms with Gasteiger partial charge in [-0.1, -0.05) is 13.8 Å². The molecule has 1 heterocycles. The first-order valence-corrected chi connectivity index (χ1v) is 6.84. The van der Waals surface area contributed by atoms with Crippen molar-refractivity contribution in [3.63, 3.8) is 0 Å². The summed E-state index contributed by atoms with van der Waals surface area (Å²) in [5.74, 6) is 0.593. The molecule has 0 aliphatic carbocycles. The van der Waals surface area contributed by atoms with E-state index in [0.29, 0.717) is 18.9 Å². The third kappa shape index (κ3) is 5.14. The molecule has 1 fully saturated rings. The summed E-state index contributed by atoms with van der Waals surface area (Å²) in [6, 6.07) is 0. The van der Waals surface area contributed by atoms with Crippen LogP contribution in [0.15, 0.2) is 0 Å². The largest absolute Gasteiger partial charge is 0.389 e. The van der Waals surface area contributed by atoms with Crippen LogP contribution in [-0.4, -0.2) is 32.4 Å². The maximum atomic E-state index is 11.9. The zero-order chi connectivity index (χ0) is 13.6. The zero-order valence-corrected chi connectivity index (χ0v) is 11.4. The van der Waals surface area contributed by atoms with Crippen molar-refractivity contribution >= 4 is 0 Å². The van der Waals surface area contributed by atoms with E-state index in [4.69, 9.17) is 0 Å². The average molecular weight is 266 g/mol. The van der Waals surface area contributed by atoms with Crippen molar-refractivity contribution in [3.05, 3.63) is 0 Å². The standard InChI is InChI=1S/C13H25F3N2/c1-11(2)12(6-8-18-10-12)9-17-7-4-3-5-13(14,15)16/h11,17-18H,3-10H2,1-2H3. The molecule has 18 heavy (non-hydrogen) atoms. The Morgan fingerprint density at radius 2 is 2.00 bits per heavy atom. The molecule has 1 saturated heterocycles. The minimum atomic E-state index is -4.01. The van der Waals surface area contributed by atoms with Gasteiger partial charge in [0.25, 0.3) is 0 Å². The smallest absolute Gasteiger partial charge is 0.316 e. The van der Waals surface area contributed by atoms with Gasteiger partial charge >= 0.3 is 6.18 Å². The van der Waals surface area contributed by atoms with E-state index in [0.717, 1.165) is 26.1 Å². The molecule has 0 amide bonds. The Hall–Kier alpha value is -0.290. The summed E-state index contributed by atoms with van der Waals surface area (Å²) in [5.41, 5.74) is 0.282. The molecule has 0 saturated carbocycles. The maximum Gasteiger partial charge on any atom is 0.389 e. The van der Waals surface area contributed by atoms with Crippen LogP contribution in [-0.2, 0) is 0 Å². The Kier molecular flexibility index (Phi) is 5.92. The van der Waals surface area contributed by atoms with Crippen LogP contribution in [0.25, 0.3) is 0 Å². The van der Waals surface area contributed by atoms with Crippen molar-refractivity contribution in [1.29, 1.82) is 0 Å². The van der Waals surface area contributed by atoms with Gasteiger partial charge in [0.2, 0.25) is 0 Å². The number of nitrogens with one attached hydrogen (secondary N) is 2. The van der Waals surface area contributed by atoms with E-state index in [2.05, 4.69) is 24.5 Å². The molecule has 1 aliphatic rings. The molecule has 2 N–H and O–H groups in total. The highest BCUT2D eigenvalue weighted by Gasteiger charge is 2.36. The zero-order valence-electron chi connectivity index (χ0n) is 11.4. The van der Waals surface area contributed by atoms with Crippen LogP contribution in [0.1, 0.15) is 39.5 Å². The highest BCUT2D eigenvalue weighted by molar-refractivity contribution is 4.91. The van der Waals surface area contributed by atoms with Crippen LogP contribution in [0.4, 0.5) is 13.2 Å². The molecule has 1 unspecified atom stereocenters. The molecule has 0 bridgehead atoms. The average Bonchev–Trinajstić information content (AvgIpc) is 2.71. The van der Waals surface area contributed by atoms with Gasteiger partial charge in [-0.05, 0) is 43.7 Å². The first-order valence-electron chi connectivity index (χ1n) is 6.84. The van der Waals surface area contributed by atoms with Crippen LogP contribution in [0.2, 0.25) is 0 Å². The normalized spacial score (nSPS) is 25.0. The van der Waals surface area contributed by atoms with E-state index < -0.39 is 12.6 Å². The lowest BCUT2D eigenvalue weighted by Crippen LogP contribution is -2.40. The Morgan fingerprint density at radius 1 is 1.28 bits per heavy atom. The molecule has 5 heteroatoms. The van der Waals surface area contributed by atoms with Crippen LogP contribution >= 0.6 is 0 Å². The Balaban J connectivity index is 2.13. The lowest BCUT2D eigenvalue weighted by molar-refractivity contribution is -0.135. The molecule has 0 radical (unpaired) electrons. The summed E-state index contributed by atoms with van der Waals surface area (Å²) in [6.45, 7) is 8.10. The van der Waals surface area contributed by atoms with E-state index in [-0.39, 0.29) is 11.8 Å². The fraction of sp³-hybridized carbons (Fsp3) is 1.00. The molecule has 1 aliphatic heterocycles. The second-order valence-corrected chi connectivity index (χ2v) is 5.69. The van der Waals surface area contributed by atoms with Gasteiger partial charge < -0.3 is 10.6 Å². The lowest BCUT2D eigenvalue weighted by Gasteiger charge is -2.33. The number of alkyl halides is 3. The number of halogens is 3. The summed E-state index contributed by atoms with van der Waals surface area (Å²) in [5, 5.41) is 6.71. The summed E-state index contributed by atoms with van der Waals surface area (Å²) in [6.07, 6.45) is -2.69. The number of hydrogen-bond donors (Lipinski definition) is 2. The summed E-state index contributed by atoms with van der Waals surface area (Å²) in [4.78, 5) is 0. The molecular weight excluding hydrogens is 241 g/mol. The number of rotatable bonds is 7. The highest BCUT2D eigenvalue weighted by atomic mass is 19.4. The predicted octanol–water partition coefficient (Wildman–Crippen LogP) is 2.94. The van der Waals surface area contributed by atoms with Crippen molar-refractivity contribution in [2.75, 3.05) is 26.2 Å². The second kappa shape index (κ2) is 6.75. The number of unbranched alkanes of at least 4 members (excludes halogenated alkanes) is 1. The van der Waals surface area contributed by atoms with E-state index in [1.165, 1.54) is 0 Å². The summed E-state index contributed by atoms with van der Waals surface area (Å²) in [7, 11) is 0. The Labute approximate surface area is 108 Å². The first-order chi connectivity index (χ1) is 8.36. The molecule has 0 aromatic carbocycles. The molecule has 0 aromatic heterocycles. The van der Waals surface area contributed by atoms with Gasteiger partial charge in [0.1, 0.15) is 0 Å². The molecule has 1 rings (SSSR count). The molecular formula is C13H25F3N2. The van der Waals surface area contributed by atoms with Crippen LogP contribution in [0, 0.1) is 11.3 Å². The van der Waals surface area contributed by atoms with Gasteiger partial charge in [-0.2, -0.15) is 13.2 Å². The van der Waals surface area contributed by atoms with Gasteiger partial charge in [0.05, 0.1) is 0 Å². The molecule has 0 aromatic rings. The van der Waals surface area contributed by atoms with Crippen molar-refractivity contribution in [3.8, 4) is 0 Å². The van der Waals surface area contributed by atoms with Gasteiger partial charge in [-0.15, -0.1) is 0 Å². The van der Waals surface area contributed by atoms with E-state index in [1.807, 2.05) is 0 Å². The van der Waals surface area contributed by atoms with E-state index in [9.17, 15) is 13.2 Å². The predicted molar refractivity (Wildman–Crippen MR) is 67.5 cm³/mol. The fourth-order valence-corrected chi connectivity index (χ4v) is 2.52. The van der Waals surface area contributed by atoms with Gasteiger partial charge in [0.15, 0.2) is 0 Å². The SMILES string of the molecule is CC(C)C1(CNCCCCC(F)(F)F)CCNC1. The summed E-state index contributed by atoms with van der Waals surface area (Å²) >= 11 is 0. The molecule has 2 nitrogen and oxygen atoms in total. The minimum absolute atomic E-state index is 0.226. The van der Waals surface area contributed by atoms with Crippen molar-refractivity contribution in [2.45, 2.75) is 45.7 Å². The molecule has 108 valence electrons.